The van der Waals surface area contributed by atoms with Crippen LogP contribution < -0.4 is 0 Å². The normalized spacial score (nSPS) is 11.4. The average molecular weight is 544 g/mol. The van der Waals surface area contributed by atoms with Gasteiger partial charge in [0, 0.05) is 0 Å². The Bertz CT molecular complexity index is 1430. The maximum atomic E-state index is 4.49. The molecule has 0 aliphatic carbocycles. The standard InChI is InChI=1S/C26H18N4Se2/c1-3-7-21-13-17(9-11-19(21)5-1)15-23-27-29-25(31-23)26-30-28-24(32-26)16-18-10-12-20-6-2-4-8-22(20)14-18/h1-14H,15-16H2. The van der Waals surface area contributed by atoms with Gasteiger partial charge in [0.2, 0.25) is 0 Å². The summed E-state index contributed by atoms with van der Waals surface area (Å²) in [5.74, 6) is 0. The molecule has 0 spiro atoms. The van der Waals surface area contributed by atoms with Gasteiger partial charge in [-0.05, 0) is 0 Å². The first-order valence-electron chi connectivity index (χ1n) is 10.4. The SMILES string of the molecule is c1ccc2cc(Cc3nnc(-c4nnc(Cc5ccc6ccccc6c5)[se]4)[se]3)ccc2c1. The van der Waals surface area contributed by atoms with Crippen molar-refractivity contribution in [1.29, 1.82) is 0 Å². The van der Waals surface area contributed by atoms with Crippen molar-refractivity contribution in [3.05, 3.63) is 105 Å². The van der Waals surface area contributed by atoms with Crippen LogP contribution in [0.1, 0.15) is 20.3 Å². The molecule has 0 saturated heterocycles. The number of hydrogen-bond acceptors (Lipinski definition) is 4. The van der Waals surface area contributed by atoms with E-state index in [4.69, 9.17) is 0 Å². The van der Waals surface area contributed by atoms with E-state index in [0.717, 1.165) is 31.1 Å². The van der Waals surface area contributed by atoms with E-state index in [0.29, 0.717) is 0 Å². The molecular weight excluding hydrogens is 526 g/mol. The van der Waals surface area contributed by atoms with Gasteiger partial charge in [0.15, 0.2) is 0 Å². The Morgan fingerprint density at radius 3 is 1.38 bits per heavy atom. The van der Waals surface area contributed by atoms with E-state index in [9.17, 15) is 0 Å². The van der Waals surface area contributed by atoms with E-state index >= 15 is 0 Å². The van der Waals surface area contributed by atoms with E-state index in [-0.39, 0.29) is 29.0 Å². The Balaban J connectivity index is 1.19. The van der Waals surface area contributed by atoms with Crippen LogP contribution in [0.3, 0.4) is 0 Å². The van der Waals surface area contributed by atoms with Gasteiger partial charge >= 0.3 is 198 Å². The van der Waals surface area contributed by atoms with Gasteiger partial charge in [-0.25, -0.2) is 0 Å². The molecule has 0 unspecified atom stereocenters. The fraction of sp³-hybridized carbons (Fsp3) is 0.0769. The van der Waals surface area contributed by atoms with Crippen LogP contribution in [0.2, 0.25) is 0 Å². The summed E-state index contributed by atoms with van der Waals surface area (Å²) in [6.45, 7) is 0. The second-order valence-electron chi connectivity index (χ2n) is 7.72. The molecule has 0 saturated carbocycles. The van der Waals surface area contributed by atoms with Crippen LogP contribution in [0.4, 0.5) is 0 Å². The van der Waals surface area contributed by atoms with Gasteiger partial charge in [0.05, 0.1) is 0 Å². The number of benzene rings is 4. The third-order valence-corrected chi connectivity index (χ3v) is 10.0. The van der Waals surface area contributed by atoms with Crippen LogP contribution in [0.5, 0.6) is 0 Å². The van der Waals surface area contributed by atoms with Crippen LogP contribution in [0, 0.1) is 0 Å². The first-order chi connectivity index (χ1) is 15.8. The van der Waals surface area contributed by atoms with Gasteiger partial charge in [-0.15, -0.1) is 0 Å². The predicted molar refractivity (Wildman–Crippen MR) is 130 cm³/mol. The zero-order chi connectivity index (χ0) is 21.3. The molecule has 4 nitrogen and oxygen atoms in total. The fourth-order valence-electron chi connectivity index (χ4n) is 3.87. The first kappa shape index (κ1) is 19.8. The third kappa shape index (κ3) is 4.11. The molecule has 6 rings (SSSR count). The van der Waals surface area contributed by atoms with Gasteiger partial charge in [-0.3, -0.25) is 0 Å². The van der Waals surface area contributed by atoms with Crippen molar-refractivity contribution in [3.63, 3.8) is 0 Å². The average Bonchev–Trinajstić information content (AvgIpc) is 3.48. The molecule has 0 aliphatic rings. The van der Waals surface area contributed by atoms with Crippen molar-refractivity contribution in [3.8, 4) is 9.14 Å². The summed E-state index contributed by atoms with van der Waals surface area (Å²) in [6.07, 6.45) is 1.70. The number of aromatic nitrogens is 4. The zero-order valence-electron chi connectivity index (χ0n) is 17.1. The molecule has 0 atom stereocenters. The van der Waals surface area contributed by atoms with E-state index in [1.54, 1.807) is 0 Å². The van der Waals surface area contributed by atoms with Crippen LogP contribution in [0.15, 0.2) is 84.9 Å². The van der Waals surface area contributed by atoms with Crippen molar-refractivity contribution in [2.24, 2.45) is 0 Å². The molecule has 0 radical (unpaired) electrons. The number of nitrogens with zero attached hydrogens (tertiary/aromatic N) is 4. The molecule has 6 heteroatoms. The van der Waals surface area contributed by atoms with E-state index < -0.39 is 0 Å². The minimum atomic E-state index is 0.125. The molecule has 154 valence electrons. The van der Waals surface area contributed by atoms with E-state index in [1.807, 2.05) is 0 Å². The van der Waals surface area contributed by atoms with Crippen molar-refractivity contribution >= 4 is 50.6 Å². The van der Waals surface area contributed by atoms with Crippen LogP contribution >= 0.6 is 0 Å². The van der Waals surface area contributed by atoms with Crippen LogP contribution in [-0.2, 0) is 12.8 Å². The maximum absolute atomic E-state index is 4.49. The van der Waals surface area contributed by atoms with Crippen molar-refractivity contribution in [2.75, 3.05) is 0 Å². The van der Waals surface area contributed by atoms with Gasteiger partial charge in [0.1, 0.15) is 0 Å². The summed E-state index contributed by atoms with van der Waals surface area (Å²) in [5, 5.41) is 23.0. The molecule has 4 aromatic carbocycles. The van der Waals surface area contributed by atoms with Gasteiger partial charge in [0.25, 0.3) is 0 Å². The Hall–Kier alpha value is -2.88. The van der Waals surface area contributed by atoms with Gasteiger partial charge in [-0.2, -0.15) is 0 Å². The van der Waals surface area contributed by atoms with Gasteiger partial charge in [-0.1, -0.05) is 0 Å². The molecule has 0 fully saturated rings. The fourth-order valence-corrected chi connectivity index (χ4v) is 7.94. The third-order valence-electron chi connectivity index (χ3n) is 5.46. The van der Waals surface area contributed by atoms with Crippen molar-refractivity contribution < 1.29 is 0 Å². The van der Waals surface area contributed by atoms with E-state index in [1.165, 1.54) is 32.7 Å². The summed E-state index contributed by atoms with van der Waals surface area (Å²) < 4.78 is 4.41. The topological polar surface area (TPSA) is 51.6 Å². The van der Waals surface area contributed by atoms with Crippen molar-refractivity contribution in [1.82, 2.24) is 20.4 Å². The Kier molecular flexibility index (Phi) is 5.30. The zero-order valence-corrected chi connectivity index (χ0v) is 20.5. The van der Waals surface area contributed by atoms with Crippen molar-refractivity contribution in [2.45, 2.75) is 12.8 Å². The molecule has 0 N–H and O–H groups in total. The Morgan fingerprint density at radius 1 is 0.469 bits per heavy atom. The van der Waals surface area contributed by atoms with Crippen LogP contribution in [-0.4, -0.2) is 49.4 Å². The Morgan fingerprint density at radius 2 is 0.906 bits per heavy atom. The second kappa shape index (κ2) is 8.57. The molecule has 32 heavy (non-hydrogen) atoms. The molecule has 2 aromatic heterocycles. The molecule has 0 amide bonds. The summed E-state index contributed by atoms with van der Waals surface area (Å²) in [4.78, 5) is 0. The minimum absolute atomic E-state index is 0.125. The van der Waals surface area contributed by atoms with Gasteiger partial charge < -0.3 is 0 Å². The molecule has 2 heterocycles. The van der Waals surface area contributed by atoms with Crippen LogP contribution in [0.25, 0.3) is 30.7 Å². The second-order valence-corrected chi connectivity index (χ2v) is 12.2. The summed E-state index contributed by atoms with van der Waals surface area (Å²) >= 11 is 0.250. The quantitative estimate of drug-likeness (QED) is 0.300. The summed E-state index contributed by atoms with van der Waals surface area (Å²) in [5.41, 5.74) is 2.57. The summed E-state index contributed by atoms with van der Waals surface area (Å²) in [6, 6.07) is 30.2. The Labute approximate surface area is 197 Å². The number of hydrogen-bond donors (Lipinski definition) is 0. The summed E-state index contributed by atoms with van der Waals surface area (Å²) in [7, 11) is 0. The monoisotopic (exact) mass is 546 g/mol. The first-order valence-corrected chi connectivity index (χ1v) is 13.8. The molecular formula is C26H18N4Se2. The number of fused-ring (bicyclic) bond motifs is 2. The molecule has 0 bridgehead atoms. The molecule has 6 aromatic rings. The van der Waals surface area contributed by atoms with E-state index in [2.05, 4.69) is 105 Å². The number of rotatable bonds is 5. The predicted octanol–water partition coefficient (Wildman–Crippen LogP) is 4.54. The molecule has 0 aliphatic heterocycles.